The quantitative estimate of drug-likeness (QED) is 0.530. The van der Waals surface area contributed by atoms with E-state index in [1.54, 1.807) is 12.2 Å². The van der Waals surface area contributed by atoms with E-state index in [1.807, 2.05) is 20.8 Å². The second-order valence-electron chi connectivity index (χ2n) is 2.21. The molecule has 52 valence electrons. The molecule has 1 atom stereocenters. The molecule has 0 aromatic rings. The van der Waals surface area contributed by atoms with Gasteiger partial charge in [0, 0.05) is 5.92 Å². The van der Waals surface area contributed by atoms with Crippen molar-refractivity contribution >= 4 is 5.78 Å². The number of rotatable bonds is 3. The van der Waals surface area contributed by atoms with Crippen LogP contribution in [0.1, 0.15) is 27.2 Å². The molecular formula is C8H14O. The van der Waals surface area contributed by atoms with Gasteiger partial charge in [-0.05, 0) is 19.4 Å². The molecule has 0 spiro atoms. The van der Waals surface area contributed by atoms with Crippen LogP contribution in [0.3, 0.4) is 0 Å². The maximum Gasteiger partial charge on any atom is 0.158 e. The van der Waals surface area contributed by atoms with E-state index in [1.165, 1.54) is 0 Å². The molecule has 0 heterocycles. The van der Waals surface area contributed by atoms with Crippen molar-refractivity contribution in [2.75, 3.05) is 0 Å². The number of carbonyl (C=O) groups excluding carboxylic acids is 1. The monoisotopic (exact) mass is 126 g/mol. The van der Waals surface area contributed by atoms with E-state index in [0.717, 1.165) is 6.42 Å². The topological polar surface area (TPSA) is 17.1 Å². The lowest BCUT2D eigenvalue weighted by molar-refractivity contribution is -0.117. The molecule has 1 nitrogen and oxygen atoms in total. The van der Waals surface area contributed by atoms with Gasteiger partial charge in [0.15, 0.2) is 5.78 Å². The third-order valence-electron chi connectivity index (χ3n) is 1.43. The van der Waals surface area contributed by atoms with Gasteiger partial charge in [-0.25, -0.2) is 0 Å². The molecule has 0 aromatic heterocycles. The molecule has 0 aliphatic heterocycles. The summed E-state index contributed by atoms with van der Waals surface area (Å²) in [6.07, 6.45) is 4.35. The van der Waals surface area contributed by atoms with E-state index in [9.17, 15) is 4.79 Å². The van der Waals surface area contributed by atoms with E-state index in [2.05, 4.69) is 0 Å². The second kappa shape index (κ2) is 4.30. The largest absolute Gasteiger partial charge is 0.295 e. The lowest BCUT2D eigenvalue weighted by Crippen LogP contribution is -2.05. The molecule has 0 rings (SSSR count). The third-order valence-corrected chi connectivity index (χ3v) is 1.43. The van der Waals surface area contributed by atoms with E-state index < -0.39 is 0 Å². The molecule has 0 aliphatic carbocycles. The maximum absolute atomic E-state index is 10.9. The number of allylic oxidation sites excluding steroid dienone is 2. The Labute approximate surface area is 56.8 Å². The Hall–Kier alpha value is -0.590. The molecule has 9 heavy (non-hydrogen) atoms. The van der Waals surface area contributed by atoms with Crippen molar-refractivity contribution in [3.63, 3.8) is 0 Å². The summed E-state index contributed by atoms with van der Waals surface area (Å²) in [5.74, 6) is 0.432. The van der Waals surface area contributed by atoms with E-state index in [4.69, 9.17) is 0 Å². The van der Waals surface area contributed by atoms with Crippen LogP contribution in [0.4, 0.5) is 0 Å². The van der Waals surface area contributed by atoms with Crippen molar-refractivity contribution in [2.24, 2.45) is 5.92 Å². The van der Waals surface area contributed by atoms with Gasteiger partial charge in [-0.1, -0.05) is 19.9 Å². The highest BCUT2D eigenvalue weighted by molar-refractivity contribution is 5.91. The Morgan fingerprint density at radius 3 is 2.56 bits per heavy atom. The van der Waals surface area contributed by atoms with Crippen LogP contribution in [0.15, 0.2) is 12.2 Å². The van der Waals surface area contributed by atoms with Gasteiger partial charge in [0.25, 0.3) is 0 Å². The fourth-order valence-corrected chi connectivity index (χ4v) is 0.530. The van der Waals surface area contributed by atoms with Gasteiger partial charge in [0.2, 0.25) is 0 Å². The van der Waals surface area contributed by atoms with Crippen LogP contribution in [0.25, 0.3) is 0 Å². The molecule has 0 bridgehead atoms. The van der Waals surface area contributed by atoms with Crippen molar-refractivity contribution < 1.29 is 4.79 Å². The number of ketones is 1. The Bertz CT molecular complexity index is 114. The Balaban J connectivity index is 3.73. The first-order valence-corrected chi connectivity index (χ1v) is 3.38. The Kier molecular flexibility index (Phi) is 4.02. The van der Waals surface area contributed by atoms with Gasteiger partial charge in [0.05, 0.1) is 0 Å². The van der Waals surface area contributed by atoms with Crippen LogP contribution in [-0.4, -0.2) is 5.78 Å². The highest BCUT2D eigenvalue weighted by Crippen LogP contribution is 2.01. The van der Waals surface area contributed by atoms with Crippen molar-refractivity contribution in [1.82, 2.24) is 0 Å². The summed E-state index contributed by atoms with van der Waals surface area (Å²) >= 11 is 0. The van der Waals surface area contributed by atoms with Gasteiger partial charge in [-0.2, -0.15) is 0 Å². The van der Waals surface area contributed by atoms with Crippen LogP contribution in [0.2, 0.25) is 0 Å². The van der Waals surface area contributed by atoms with Crippen molar-refractivity contribution in [3.8, 4) is 0 Å². The molecule has 0 aliphatic rings. The molecular weight excluding hydrogens is 112 g/mol. The lowest BCUT2D eigenvalue weighted by atomic mass is 10.0. The predicted octanol–water partition coefficient (Wildman–Crippen LogP) is 2.18. The SMILES string of the molecule is C/C=C/C(=O)C(C)CC. The van der Waals surface area contributed by atoms with Crippen LogP contribution in [0, 0.1) is 5.92 Å². The van der Waals surface area contributed by atoms with Crippen molar-refractivity contribution in [3.05, 3.63) is 12.2 Å². The van der Waals surface area contributed by atoms with Crippen LogP contribution in [-0.2, 0) is 4.79 Å². The minimum absolute atomic E-state index is 0.196. The number of hydrogen-bond acceptors (Lipinski definition) is 1. The summed E-state index contributed by atoms with van der Waals surface area (Å²) in [6, 6.07) is 0. The smallest absolute Gasteiger partial charge is 0.158 e. The standard InChI is InChI=1S/C8H14O/c1-4-6-8(9)7(3)5-2/h4,6-7H,5H2,1-3H3/b6-4+. The molecule has 0 N–H and O–H groups in total. The van der Waals surface area contributed by atoms with Crippen molar-refractivity contribution in [2.45, 2.75) is 27.2 Å². The molecule has 1 unspecified atom stereocenters. The summed E-state index contributed by atoms with van der Waals surface area (Å²) in [6.45, 7) is 5.83. The molecule has 0 amide bonds. The van der Waals surface area contributed by atoms with E-state index in [-0.39, 0.29) is 11.7 Å². The lowest BCUT2D eigenvalue weighted by Gasteiger charge is -2.00. The zero-order valence-electron chi connectivity index (χ0n) is 6.35. The van der Waals surface area contributed by atoms with E-state index >= 15 is 0 Å². The molecule has 0 saturated carbocycles. The molecule has 0 aromatic carbocycles. The maximum atomic E-state index is 10.9. The van der Waals surface area contributed by atoms with Gasteiger partial charge in [-0.3, -0.25) is 4.79 Å². The highest BCUT2D eigenvalue weighted by atomic mass is 16.1. The van der Waals surface area contributed by atoms with Gasteiger partial charge >= 0.3 is 0 Å². The van der Waals surface area contributed by atoms with Crippen molar-refractivity contribution in [1.29, 1.82) is 0 Å². The van der Waals surface area contributed by atoms with Gasteiger partial charge in [-0.15, -0.1) is 0 Å². The minimum Gasteiger partial charge on any atom is -0.295 e. The minimum atomic E-state index is 0.196. The zero-order chi connectivity index (χ0) is 7.28. The average molecular weight is 126 g/mol. The molecule has 0 saturated heterocycles. The normalized spacial score (nSPS) is 14.1. The van der Waals surface area contributed by atoms with Crippen LogP contribution >= 0.6 is 0 Å². The predicted molar refractivity (Wildman–Crippen MR) is 39.3 cm³/mol. The Morgan fingerprint density at radius 1 is 1.67 bits per heavy atom. The van der Waals surface area contributed by atoms with E-state index in [0.29, 0.717) is 0 Å². The second-order valence-corrected chi connectivity index (χ2v) is 2.21. The fourth-order valence-electron chi connectivity index (χ4n) is 0.530. The zero-order valence-corrected chi connectivity index (χ0v) is 6.35. The molecule has 1 heteroatoms. The summed E-state index contributed by atoms with van der Waals surface area (Å²) in [5.41, 5.74) is 0. The molecule has 0 radical (unpaired) electrons. The molecule has 0 fully saturated rings. The summed E-state index contributed by atoms with van der Waals surface area (Å²) < 4.78 is 0. The first-order valence-electron chi connectivity index (χ1n) is 3.38. The van der Waals surface area contributed by atoms with Gasteiger partial charge < -0.3 is 0 Å². The summed E-state index contributed by atoms with van der Waals surface area (Å²) in [7, 11) is 0. The highest BCUT2D eigenvalue weighted by Gasteiger charge is 2.04. The van der Waals surface area contributed by atoms with Gasteiger partial charge in [0.1, 0.15) is 0 Å². The first kappa shape index (κ1) is 8.41. The number of carbonyl (C=O) groups is 1. The fraction of sp³-hybridized carbons (Fsp3) is 0.625. The number of hydrogen-bond donors (Lipinski definition) is 0. The summed E-state index contributed by atoms with van der Waals surface area (Å²) in [4.78, 5) is 10.9. The summed E-state index contributed by atoms with van der Waals surface area (Å²) in [5, 5.41) is 0. The van der Waals surface area contributed by atoms with Crippen LogP contribution < -0.4 is 0 Å². The first-order chi connectivity index (χ1) is 4.22. The Morgan fingerprint density at radius 2 is 2.22 bits per heavy atom. The average Bonchev–Trinajstić information content (AvgIpc) is 1.87. The van der Waals surface area contributed by atoms with Crippen LogP contribution in [0.5, 0.6) is 0 Å². The third kappa shape index (κ3) is 3.07.